The summed E-state index contributed by atoms with van der Waals surface area (Å²) in [7, 11) is 0. The molecule has 0 aromatic carbocycles. The Labute approximate surface area is 90.1 Å². The quantitative estimate of drug-likeness (QED) is 0.761. The maximum atomic E-state index is 12.1. The molecular formula is C11H21F2NO. The Morgan fingerprint density at radius 1 is 1.33 bits per heavy atom. The highest BCUT2D eigenvalue weighted by Crippen LogP contribution is 2.29. The van der Waals surface area contributed by atoms with Crippen molar-refractivity contribution in [1.29, 1.82) is 0 Å². The molecule has 0 amide bonds. The van der Waals surface area contributed by atoms with Gasteiger partial charge in [-0.2, -0.15) is 0 Å². The number of hydrogen-bond donors (Lipinski definition) is 2. The number of hydrogen-bond acceptors (Lipinski definition) is 2. The van der Waals surface area contributed by atoms with Gasteiger partial charge in [-0.1, -0.05) is 26.7 Å². The molecule has 0 aliphatic heterocycles. The van der Waals surface area contributed by atoms with Crippen LogP contribution in [0.15, 0.2) is 0 Å². The Hall–Kier alpha value is -0.220. The Morgan fingerprint density at radius 2 is 2.00 bits per heavy atom. The average Bonchev–Trinajstić information content (AvgIpc) is 2.19. The molecule has 0 spiro atoms. The first kappa shape index (κ1) is 12.8. The van der Waals surface area contributed by atoms with Crippen LogP contribution in [0.5, 0.6) is 0 Å². The highest BCUT2D eigenvalue weighted by molar-refractivity contribution is 4.83. The minimum atomic E-state index is -2.64. The van der Waals surface area contributed by atoms with E-state index in [1.165, 1.54) is 6.42 Å². The average molecular weight is 221 g/mol. The van der Waals surface area contributed by atoms with Crippen LogP contribution in [-0.2, 0) is 0 Å². The molecule has 4 heteroatoms. The molecular weight excluding hydrogens is 200 g/mol. The fraction of sp³-hybridized carbons (Fsp3) is 1.00. The van der Waals surface area contributed by atoms with Crippen molar-refractivity contribution in [3.8, 4) is 0 Å². The van der Waals surface area contributed by atoms with Crippen molar-refractivity contribution >= 4 is 0 Å². The first-order valence-corrected chi connectivity index (χ1v) is 5.72. The summed E-state index contributed by atoms with van der Waals surface area (Å²) in [5, 5.41) is 12.0. The maximum Gasteiger partial charge on any atom is 0.265 e. The van der Waals surface area contributed by atoms with Crippen LogP contribution in [0.4, 0.5) is 8.78 Å². The Balaban J connectivity index is 2.31. The predicted molar refractivity (Wildman–Crippen MR) is 56.0 cm³/mol. The zero-order valence-corrected chi connectivity index (χ0v) is 9.42. The summed E-state index contributed by atoms with van der Waals surface area (Å²) in [6, 6.07) is 0.280. The first-order chi connectivity index (χ1) is 7.02. The van der Waals surface area contributed by atoms with Crippen molar-refractivity contribution in [1.82, 2.24) is 5.32 Å². The van der Waals surface area contributed by atoms with Crippen molar-refractivity contribution < 1.29 is 13.9 Å². The lowest BCUT2D eigenvalue weighted by molar-refractivity contribution is -0.00691. The van der Waals surface area contributed by atoms with Crippen LogP contribution in [0.1, 0.15) is 33.1 Å². The fourth-order valence-electron chi connectivity index (χ4n) is 2.23. The molecule has 2 nitrogen and oxygen atoms in total. The molecule has 90 valence electrons. The second kappa shape index (κ2) is 5.75. The Morgan fingerprint density at radius 3 is 2.60 bits per heavy atom. The molecule has 1 rings (SSSR count). The van der Waals surface area contributed by atoms with Crippen molar-refractivity contribution in [3.63, 3.8) is 0 Å². The molecule has 1 fully saturated rings. The van der Waals surface area contributed by atoms with E-state index in [1.54, 1.807) is 0 Å². The van der Waals surface area contributed by atoms with Gasteiger partial charge >= 0.3 is 0 Å². The van der Waals surface area contributed by atoms with E-state index in [0.29, 0.717) is 11.8 Å². The molecule has 1 saturated carbocycles. The summed E-state index contributed by atoms with van der Waals surface area (Å²) < 4.78 is 24.1. The van der Waals surface area contributed by atoms with Crippen LogP contribution in [0.2, 0.25) is 0 Å². The monoisotopic (exact) mass is 221 g/mol. The molecule has 15 heavy (non-hydrogen) atoms. The molecule has 2 N–H and O–H groups in total. The van der Waals surface area contributed by atoms with Gasteiger partial charge in [0, 0.05) is 12.6 Å². The van der Waals surface area contributed by atoms with Gasteiger partial charge in [0.25, 0.3) is 6.43 Å². The third kappa shape index (κ3) is 3.68. The number of halogens is 2. The summed E-state index contributed by atoms with van der Waals surface area (Å²) in [4.78, 5) is 0. The van der Waals surface area contributed by atoms with Gasteiger partial charge in [-0.05, 0) is 18.3 Å². The maximum absolute atomic E-state index is 12.1. The van der Waals surface area contributed by atoms with Gasteiger partial charge in [0.15, 0.2) is 0 Å². The molecule has 0 bridgehead atoms. The smallest absolute Gasteiger partial charge is 0.265 e. The van der Waals surface area contributed by atoms with Crippen LogP contribution >= 0.6 is 0 Å². The van der Waals surface area contributed by atoms with Gasteiger partial charge in [0.05, 0.1) is 0 Å². The van der Waals surface area contributed by atoms with E-state index in [0.717, 1.165) is 12.8 Å². The predicted octanol–water partition coefficient (Wildman–Crippen LogP) is 2.03. The molecule has 0 aromatic rings. The van der Waals surface area contributed by atoms with Crippen LogP contribution in [0.3, 0.4) is 0 Å². The summed E-state index contributed by atoms with van der Waals surface area (Å²) in [6.45, 7) is 4.34. The van der Waals surface area contributed by atoms with Crippen molar-refractivity contribution in [2.75, 3.05) is 6.54 Å². The standard InChI is InChI=1S/C11H21F2NO/c1-7-4-3-5-9(8(7)2)14-6-10(15)11(12)13/h7-11,14-15H,3-6H2,1-2H3. The molecule has 0 radical (unpaired) electrons. The van der Waals surface area contributed by atoms with Gasteiger partial charge in [0.1, 0.15) is 6.10 Å². The highest BCUT2D eigenvalue weighted by atomic mass is 19.3. The summed E-state index contributed by atoms with van der Waals surface area (Å²) >= 11 is 0. The lowest BCUT2D eigenvalue weighted by Gasteiger charge is -2.35. The van der Waals surface area contributed by atoms with Gasteiger partial charge in [-0.3, -0.25) is 0 Å². The molecule has 0 heterocycles. The van der Waals surface area contributed by atoms with Crippen molar-refractivity contribution in [2.45, 2.75) is 51.7 Å². The van der Waals surface area contributed by atoms with Crippen LogP contribution < -0.4 is 5.32 Å². The minimum Gasteiger partial charge on any atom is -0.386 e. The largest absolute Gasteiger partial charge is 0.386 e. The van der Waals surface area contributed by atoms with E-state index in [1.807, 2.05) is 0 Å². The van der Waals surface area contributed by atoms with Gasteiger partial charge in [-0.15, -0.1) is 0 Å². The molecule has 1 aliphatic rings. The topological polar surface area (TPSA) is 32.3 Å². The van der Waals surface area contributed by atoms with Crippen molar-refractivity contribution in [3.05, 3.63) is 0 Å². The van der Waals surface area contributed by atoms with Crippen LogP contribution in [-0.4, -0.2) is 30.2 Å². The summed E-state index contributed by atoms with van der Waals surface area (Å²) in [5.41, 5.74) is 0. The van der Waals surface area contributed by atoms with E-state index >= 15 is 0 Å². The molecule has 4 atom stereocenters. The summed E-state index contributed by atoms with van der Waals surface area (Å²) in [6.07, 6.45) is -0.783. The third-order valence-corrected chi connectivity index (χ3v) is 3.59. The van der Waals surface area contributed by atoms with Crippen molar-refractivity contribution in [2.24, 2.45) is 11.8 Å². The number of nitrogens with one attached hydrogen (secondary N) is 1. The molecule has 0 saturated heterocycles. The lowest BCUT2D eigenvalue weighted by atomic mass is 9.78. The van der Waals surface area contributed by atoms with Gasteiger partial charge in [-0.25, -0.2) is 8.78 Å². The zero-order valence-electron chi connectivity index (χ0n) is 9.42. The number of aliphatic hydroxyl groups is 1. The van der Waals surface area contributed by atoms with Gasteiger partial charge < -0.3 is 10.4 Å². The number of alkyl halides is 2. The van der Waals surface area contributed by atoms with Gasteiger partial charge in [0.2, 0.25) is 0 Å². The highest BCUT2D eigenvalue weighted by Gasteiger charge is 2.27. The van der Waals surface area contributed by atoms with Crippen LogP contribution in [0.25, 0.3) is 0 Å². The van der Waals surface area contributed by atoms with E-state index in [4.69, 9.17) is 5.11 Å². The Bertz CT molecular complexity index is 189. The number of aliphatic hydroxyl groups excluding tert-OH is 1. The third-order valence-electron chi connectivity index (χ3n) is 3.59. The first-order valence-electron chi connectivity index (χ1n) is 5.72. The van der Waals surface area contributed by atoms with E-state index in [-0.39, 0.29) is 12.6 Å². The number of rotatable bonds is 4. The molecule has 1 aliphatic carbocycles. The second-order valence-electron chi connectivity index (χ2n) is 4.68. The fourth-order valence-corrected chi connectivity index (χ4v) is 2.23. The lowest BCUT2D eigenvalue weighted by Crippen LogP contribution is -2.45. The SMILES string of the molecule is CC1CCCC(NCC(O)C(F)F)C1C. The molecule has 0 aromatic heterocycles. The molecule has 4 unspecified atom stereocenters. The normalized spacial score (nSPS) is 34.4. The van der Waals surface area contributed by atoms with Crippen LogP contribution in [0, 0.1) is 11.8 Å². The minimum absolute atomic E-state index is 0.000602. The summed E-state index contributed by atoms with van der Waals surface area (Å²) in [5.74, 6) is 1.14. The second-order valence-corrected chi connectivity index (χ2v) is 4.68. The van der Waals surface area contributed by atoms with E-state index in [2.05, 4.69) is 19.2 Å². The Kier molecular flexibility index (Phi) is 4.93. The van der Waals surface area contributed by atoms with E-state index in [9.17, 15) is 8.78 Å². The van der Waals surface area contributed by atoms with E-state index < -0.39 is 12.5 Å². The zero-order chi connectivity index (χ0) is 11.4.